The fraction of sp³-hybridized carbons (Fsp3) is 0.556. The summed E-state index contributed by atoms with van der Waals surface area (Å²) in [7, 11) is 2.79. The fourth-order valence-corrected chi connectivity index (χ4v) is 5.79. The average Bonchev–Trinajstić information content (AvgIpc) is 2.97. The molecule has 2 fully saturated rings. The number of hydrogen-bond donors (Lipinski definition) is 3. The van der Waals surface area contributed by atoms with Gasteiger partial charge < -0.3 is 30.5 Å². The number of methoxy groups -OCH3 is 1. The molecule has 2 aliphatic heterocycles. The number of anilines is 4. The molecule has 1 aliphatic carbocycles. The molecule has 1 aromatic heterocycles. The van der Waals surface area contributed by atoms with Crippen LogP contribution < -0.4 is 30.5 Å². The number of carbonyl (C=O) groups is 2. The Hall–Kier alpha value is -3.54. The summed E-state index contributed by atoms with van der Waals surface area (Å²) in [6.07, 6.45) is 5.67. The molecule has 3 aliphatic rings. The Morgan fingerprint density at radius 3 is 2.62 bits per heavy atom. The second-order valence-corrected chi connectivity index (χ2v) is 11.1. The Bertz CT molecular complexity index is 1260. The Labute approximate surface area is 226 Å². The average molecular weight is 544 g/mol. The molecule has 210 valence electrons. The van der Waals surface area contributed by atoms with Gasteiger partial charge in [-0.15, -0.1) is 0 Å². The maximum Gasteiger partial charge on any atom is 0.342 e. The molecular weight excluding hydrogens is 508 g/mol. The van der Waals surface area contributed by atoms with Crippen LogP contribution in [-0.2, 0) is 4.79 Å². The number of amides is 2. The van der Waals surface area contributed by atoms with Crippen molar-refractivity contribution in [1.82, 2.24) is 20.6 Å². The summed E-state index contributed by atoms with van der Waals surface area (Å²) in [5.74, 6) is -4.26. The van der Waals surface area contributed by atoms with Crippen LogP contribution in [-0.4, -0.2) is 73.6 Å². The van der Waals surface area contributed by atoms with Crippen LogP contribution in [0.4, 0.5) is 31.9 Å². The molecule has 10 nitrogen and oxygen atoms in total. The van der Waals surface area contributed by atoms with E-state index in [1.807, 2.05) is 0 Å². The van der Waals surface area contributed by atoms with E-state index < -0.39 is 18.4 Å². The minimum absolute atomic E-state index is 0.141. The van der Waals surface area contributed by atoms with Crippen LogP contribution in [0.15, 0.2) is 24.4 Å². The molecule has 1 aromatic carbocycles. The van der Waals surface area contributed by atoms with Crippen molar-refractivity contribution in [3.63, 3.8) is 0 Å². The van der Waals surface area contributed by atoms with E-state index in [4.69, 9.17) is 4.74 Å². The number of fused-ring (bicyclic) bond motifs is 1. The van der Waals surface area contributed by atoms with Gasteiger partial charge in [-0.25, -0.2) is 4.98 Å². The van der Waals surface area contributed by atoms with Gasteiger partial charge in [-0.2, -0.15) is 13.8 Å². The van der Waals surface area contributed by atoms with Crippen LogP contribution in [0.1, 0.15) is 49.9 Å². The first kappa shape index (κ1) is 27.0. The lowest BCUT2D eigenvalue weighted by Crippen LogP contribution is -2.54. The monoisotopic (exact) mass is 543 g/mol. The van der Waals surface area contributed by atoms with E-state index in [0.29, 0.717) is 22.4 Å². The predicted octanol–water partition coefficient (Wildman–Crippen LogP) is 3.32. The molecule has 1 saturated heterocycles. The third-order valence-corrected chi connectivity index (χ3v) is 8.06. The van der Waals surface area contributed by atoms with Crippen molar-refractivity contribution in [1.29, 1.82) is 0 Å². The zero-order chi connectivity index (χ0) is 27.9. The highest BCUT2D eigenvalue weighted by molar-refractivity contribution is 6.02. The van der Waals surface area contributed by atoms with Crippen molar-refractivity contribution in [2.45, 2.75) is 57.5 Å². The standard InChI is InChI=1S/C27H35F2N7O3/c1-16(2)36-15-27(28,29)24(38)35(3)20-14-31-25(34-22(20)36)33-19-6-5-17(11-21(19)39-4)23(37)32-18-12-26(13-18)7-9-30-10-8-26/h5-6,11,14,16,18,30H,7-10,12-13,15H2,1-4H3,(H,32,37)(H,31,33,34). The molecule has 1 saturated carbocycles. The van der Waals surface area contributed by atoms with Crippen molar-refractivity contribution in [3.05, 3.63) is 30.0 Å². The number of benzene rings is 1. The minimum atomic E-state index is -3.57. The van der Waals surface area contributed by atoms with Gasteiger partial charge in [0, 0.05) is 24.7 Å². The third-order valence-electron chi connectivity index (χ3n) is 8.06. The van der Waals surface area contributed by atoms with Gasteiger partial charge in [0.05, 0.1) is 25.5 Å². The van der Waals surface area contributed by atoms with Gasteiger partial charge in [0.25, 0.3) is 11.8 Å². The van der Waals surface area contributed by atoms with Crippen molar-refractivity contribution in [3.8, 4) is 5.75 Å². The zero-order valence-electron chi connectivity index (χ0n) is 22.7. The number of hydrogen-bond acceptors (Lipinski definition) is 8. The summed E-state index contributed by atoms with van der Waals surface area (Å²) in [6, 6.07) is 4.86. The second kappa shape index (κ2) is 10.2. The van der Waals surface area contributed by atoms with E-state index in [-0.39, 0.29) is 35.4 Å². The number of piperidine rings is 1. The lowest BCUT2D eigenvalue weighted by Gasteiger charge is -2.50. The molecule has 0 atom stereocenters. The van der Waals surface area contributed by atoms with Gasteiger partial charge in [0.1, 0.15) is 11.4 Å². The van der Waals surface area contributed by atoms with Gasteiger partial charge in [-0.3, -0.25) is 9.59 Å². The zero-order valence-corrected chi connectivity index (χ0v) is 22.7. The first-order valence-electron chi connectivity index (χ1n) is 13.3. The normalized spacial score (nSPS) is 20.3. The molecule has 39 heavy (non-hydrogen) atoms. The number of carbonyl (C=O) groups excluding carboxylic acids is 2. The highest BCUT2D eigenvalue weighted by Crippen LogP contribution is 2.48. The molecule has 0 unspecified atom stereocenters. The maximum atomic E-state index is 14.6. The highest BCUT2D eigenvalue weighted by Gasteiger charge is 2.48. The lowest BCUT2D eigenvalue weighted by molar-refractivity contribution is -0.140. The minimum Gasteiger partial charge on any atom is -0.495 e. The maximum absolute atomic E-state index is 14.6. The van der Waals surface area contributed by atoms with E-state index in [2.05, 4.69) is 25.9 Å². The fourth-order valence-electron chi connectivity index (χ4n) is 5.79. The first-order valence-corrected chi connectivity index (χ1v) is 13.3. The van der Waals surface area contributed by atoms with Crippen LogP contribution in [0.3, 0.4) is 0 Å². The van der Waals surface area contributed by atoms with E-state index in [1.165, 1.54) is 25.3 Å². The van der Waals surface area contributed by atoms with Crippen molar-refractivity contribution in [2.75, 3.05) is 48.9 Å². The quantitative estimate of drug-likeness (QED) is 0.509. The van der Waals surface area contributed by atoms with Crippen molar-refractivity contribution >= 4 is 35.0 Å². The second-order valence-electron chi connectivity index (χ2n) is 11.1. The molecule has 3 heterocycles. The molecule has 0 radical (unpaired) electrons. The van der Waals surface area contributed by atoms with Gasteiger partial charge in [-0.05, 0) is 76.2 Å². The number of nitrogens with one attached hydrogen (secondary N) is 3. The van der Waals surface area contributed by atoms with Gasteiger partial charge in [0.2, 0.25) is 5.95 Å². The highest BCUT2D eigenvalue weighted by atomic mass is 19.3. The Kier molecular flexibility index (Phi) is 7.08. The molecule has 3 N–H and O–H groups in total. The summed E-state index contributed by atoms with van der Waals surface area (Å²) in [6.45, 7) is 4.80. The largest absolute Gasteiger partial charge is 0.495 e. The summed E-state index contributed by atoms with van der Waals surface area (Å²) >= 11 is 0. The van der Waals surface area contributed by atoms with Crippen LogP contribution in [0.5, 0.6) is 5.75 Å². The number of nitrogens with zero attached hydrogens (tertiary/aromatic N) is 4. The summed E-state index contributed by atoms with van der Waals surface area (Å²) < 4.78 is 34.7. The van der Waals surface area contributed by atoms with Crippen LogP contribution in [0, 0.1) is 5.41 Å². The predicted molar refractivity (Wildman–Crippen MR) is 144 cm³/mol. The number of halogens is 2. The Morgan fingerprint density at radius 1 is 1.23 bits per heavy atom. The molecule has 12 heteroatoms. The van der Waals surface area contributed by atoms with Crippen LogP contribution >= 0.6 is 0 Å². The lowest BCUT2D eigenvalue weighted by atomic mass is 9.60. The first-order chi connectivity index (χ1) is 18.5. The molecule has 5 rings (SSSR count). The van der Waals surface area contributed by atoms with Crippen LogP contribution in [0.25, 0.3) is 0 Å². The van der Waals surface area contributed by atoms with E-state index in [9.17, 15) is 18.4 Å². The number of aromatic nitrogens is 2. The van der Waals surface area contributed by atoms with Crippen LogP contribution in [0.2, 0.25) is 0 Å². The van der Waals surface area contributed by atoms with Gasteiger partial charge in [0.15, 0.2) is 5.82 Å². The summed E-state index contributed by atoms with van der Waals surface area (Å²) in [4.78, 5) is 36.3. The molecular formula is C27H35F2N7O3. The Balaban J connectivity index is 1.32. The molecule has 2 amide bonds. The van der Waals surface area contributed by atoms with E-state index in [1.54, 1.807) is 32.0 Å². The smallest absolute Gasteiger partial charge is 0.342 e. The van der Waals surface area contributed by atoms with Gasteiger partial charge in [-0.1, -0.05) is 0 Å². The molecule has 1 spiro atoms. The summed E-state index contributed by atoms with van der Waals surface area (Å²) in [5.41, 5.74) is 1.54. The molecule has 2 aromatic rings. The molecule has 0 bridgehead atoms. The van der Waals surface area contributed by atoms with E-state index >= 15 is 0 Å². The number of ether oxygens (including phenoxy) is 1. The number of alkyl halides is 2. The number of rotatable bonds is 6. The van der Waals surface area contributed by atoms with Crippen molar-refractivity contribution < 1.29 is 23.1 Å². The van der Waals surface area contributed by atoms with Crippen molar-refractivity contribution in [2.24, 2.45) is 5.41 Å². The topological polar surface area (TPSA) is 112 Å². The van der Waals surface area contributed by atoms with Gasteiger partial charge >= 0.3 is 5.92 Å². The Morgan fingerprint density at radius 2 is 1.95 bits per heavy atom. The SMILES string of the molecule is COc1cc(C(=O)NC2CC3(CCNCC3)C2)ccc1Nc1ncc2c(n1)N(C(C)C)CC(F)(F)C(=O)N2C. The third kappa shape index (κ3) is 5.21. The summed E-state index contributed by atoms with van der Waals surface area (Å²) in [5, 5.41) is 9.59. The van der Waals surface area contributed by atoms with E-state index in [0.717, 1.165) is 43.7 Å².